The Balaban J connectivity index is 2.15. The Kier molecular flexibility index (Phi) is 4.44. The van der Waals surface area contributed by atoms with Crippen LogP contribution in [-0.2, 0) is 0 Å². The van der Waals surface area contributed by atoms with Crippen molar-refractivity contribution >= 4 is 11.8 Å². The molecule has 1 fully saturated rings. The molecule has 0 aliphatic heterocycles. The lowest BCUT2D eigenvalue weighted by molar-refractivity contribution is 0.429. The zero-order valence-electron chi connectivity index (χ0n) is 8.47. The molecule has 0 bridgehead atoms. The molecule has 0 spiro atoms. The SMILES string of the molecule is CCC(CSC)NC(C)C1CC1. The van der Waals surface area contributed by atoms with Gasteiger partial charge in [-0.2, -0.15) is 11.8 Å². The Bertz CT molecular complexity index is 123. The Morgan fingerprint density at radius 1 is 1.50 bits per heavy atom. The normalized spacial score (nSPS) is 22.2. The van der Waals surface area contributed by atoms with Crippen molar-refractivity contribution in [3.05, 3.63) is 0 Å². The first-order valence-electron chi connectivity index (χ1n) is 5.03. The zero-order chi connectivity index (χ0) is 8.97. The van der Waals surface area contributed by atoms with Crippen LogP contribution in [0.3, 0.4) is 0 Å². The van der Waals surface area contributed by atoms with E-state index in [4.69, 9.17) is 0 Å². The molecular formula is C10H21NS. The van der Waals surface area contributed by atoms with Gasteiger partial charge in [0.25, 0.3) is 0 Å². The maximum absolute atomic E-state index is 3.71. The average molecular weight is 187 g/mol. The molecule has 2 atom stereocenters. The smallest absolute Gasteiger partial charge is 0.0158 e. The van der Waals surface area contributed by atoms with Gasteiger partial charge < -0.3 is 5.32 Å². The standard InChI is InChI=1S/C10H21NS/c1-4-10(7-12-3)11-8(2)9-5-6-9/h8-11H,4-7H2,1-3H3. The molecule has 0 amide bonds. The highest BCUT2D eigenvalue weighted by Crippen LogP contribution is 2.32. The van der Waals surface area contributed by atoms with E-state index in [9.17, 15) is 0 Å². The Morgan fingerprint density at radius 3 is 2.58 bits per heavy atom. The summed E-state index contributed by atoms with van der Waals surface area (Å²) in [6.07, 6.45) is 6.35. The minimum Gasteiger partial charge on any atom is -0.310 e. The molecule has 2 unspecified atom stereocenters. The summed E-state index contributed by atoms with van der Waals surface area (Å²) >= 11 is 1.95. The van der Waals surface area contributed by atoms with Gasteiger partial charge in [-0.05, 0) is 38.4 Å². The molecule has 1 aliphatic rings. The molecule has 1 saturated carbocycles. The number of rotatable bonds is 6. The van der Waals surface area contributed by atoms with Crippen molar-refractivity contribution in [2.24, 2.45) is 5.92 Å². The second-order valence-electron chi connectivity index (χ2n) is 3.85. The molecule has 1 aliphatic carbocycles. The van der Waals surface area contributed by atoms with Gasteiger partial charge in [0.2, 0.25) is 0 Å². The summed E-state index contributed by atoms with van der Waals surface area (Å²) in [5.74, 6) is 2.24. The Hall–Kier alpha value is 0.310. The molecule has 0 radical (unpaired) electrons. The fourth-order valence-corrected chi connectivity index (χ4v) is 2.32. The van der Waals surface area contributed by atoms with Crippen molar-refractivity contribution in [1.82, 2.24) is 5.32 Å². The zero-order valence-corrected chi connectivity index (χ0v) is 9.29. The molecule has 0 aromatic rings. The van der Waals surface area contributed by atoms with Crippen molar-refractivity contribution in [1.29, 1.82) is 0 Å². The van der Waals surface area contributed by atoms with Gasteiger partial charge in [0, 0.05) is 17.8 Å². The van der Waals surface area contributed by atoms with E-state index in [1.165, 1.54) is 25.0 Å². The topological polar surface area (TPSA) is 12.0 Å². The maximum Gasteiger partial charge on any atom is 0.0158 e. The molecule has 1 nitrogen and oxygen atoms in total. The molecule has 1 N–H and O–H groups in total. The third kappa shape index (κ3) is 3.36. The third-order valence-corrected chi connectivity index (χ3v) is 3.42. The van der Waals surface area contributed by atoms with E-state index in [2.05, 4.69) is 25.4 Å². The molecule has 0 heterocycles. The number of nitrogens with one attached hydrogen (secondary N) is 1. The summed E-state index contributed by atoms with van der Waals surface area (Å²) in [7, 11) is 0. The van der Waals surface area contributed by atoms with Gasteiger partial charge in [-0.15, -0.1) is 0 Å². The van der Waals surface area contributed by atoms with Crippen molar-refractivity contribution in [3.63, 3.8) is 0 Å². The fourth-order valence-electron chi connectivity index (χ4n) is 1.59. The third-order valence-electron chi connectivity index (χ3n) is 2.69. The first-order chi connectivity index (χ1) is 5.77. The number of hydrogen-bond acceptors (Lipinski definition) is 2. The van der Waals surface area contributed by atoms with Crippen LogP contribution in [0.1, 0.15) is 33.1 Å². The van der Waals surface area contributed by atoms with Crippen molar-refractivity contribution in [2.75, 3.05) is 12.0 Å². The molecule has 12 heavy (non-hydrogen) atoms. The molecule has 0 saturated heterocycles. The van der Waals surface area contributed by atoms with Gasteiger partial charge in [-0.25, -0.2) is 0 Å². The summed E-state index contributed by atoms with van der Waals surface area (Å²) in [4.78, 5) is 0. The predicted octanol–water partition coefficient (Wildman–Crippen LogP) is 2.52. The van der Waals surface area contributed by atoms with Crippen LogP contribution >= 0.6 is 11.8 Å². The lowest BCUT2D eigenvalue weighted by Gasteiger charge is -2.21. The van der Waals surface area contributed by atoms with Gasteiger partial charge in [0.1, 0.15) is 0 Å². The minimum atomic E-state index is 0.732. The number of thioether (sulfide) groups is 1. The highest BCUT2D eigenvalue weighted by Gasteiger charge is 2.28. The summed E-state index contributed by atoms with van der Waals surface area (Å²) in [6.45, 7) is 4.61. The van der Waals surface area contributed by atoms with E-state index in [0.717, 1.165) is 18.0 Å². The van der Waals surface area contributed by atoms with Crippen LogP contribution in [0.4, 0.5) is 0 Å². The van der Waals surface area contributed by atoms with E-state index in [1.54, 1.807) is 0 Å². The van der Waals surface area contributed by atoms with Gasteiger partial charge in [-0.1, -0.05) is 6.92 Å². The van der Waals surface area contributed by atoms with E-state index in [-0.39, 0.29) is 0 Å². The number of hydrogen-bond donors (Lipinski definition) is 1. The second-order valence-corrected chi connectivity index (χ2v) is 4.76. The lowest BCUT2D eigenvalue weighted by Crippen LogP contribution is -2.38. The van der Waals surface area contributed by atoms with Crippen molar-refractivity contribution in [2.45, 2.75) is 45.2 Å². The summed E-state index contributed by atoms with van der Waals surface area (Å²) in [6, 6.07) is 1.48. The van der Waals surface area contributed by atoms with Gasteiger partial charge >= 0.3 is 0 Å². The Labute approximate surface area is 80.7 Å². The minimum absolute atomic E-state index is 0.732. The fraction of sp³-hybridized carbons (Fsp3) is 1.00. The van der Waals surface area contributed by atoms with Crippen LogP contribution in [0.2, 0.25) is 0 Å². The van der Waals surface area contributed by atoms with Crippen LogP contribution in [-0.4, -0.2) is 24.1 Å². The van der Waals surface area contributed by atoms with Crippen LogP contribution in [0, 0.1) is 5.92 Å². The van der Waals surface area contributed by atoms with E-state index < -0.39 is 0 Å². The van der Waals surface area contributed by atoms with Crippen molar-refractivity contribution < 1.29 is 0 Å². The molecule has 0 aromatic heterocycles. The van der Waals surface area contributed by atoms with Crippen LogP contribution in [0.25, 0.3) is 0 Å². The predicted molar refractivity (Wildman–Crippen MR) is 57.8 cm³/mol. The van der Waals surface area contributed by atoms with Crippen molar-refractivity contribution in [3.8, 4) is 0 Å². The van der Waals surface area contributed by atoms with E-state index in [1.807, 2.05) is 11.8 Å². The largest absolute Gasteiger partial charge is 0.310 e. The van der Waals surface area contributed by atoms with Crippen LogP contribution < -0.4 is 5.32 Å². The van der Waals surface area contributed by atoms with E-state index >= 15 is 0 Å². The second kappa shape index (κ2) is 5.13. The summed E-state index contributed by atoms with van der Waals surface area (Å²) in [5.41, 5.74) is 0. The highest BCUT2D eigenvalue weighted by atomic mass is 32.2. The summed E-state index contributed by atoms with van der Waals surface area (Å²) < 4.78 is 0. The Morgan fingerprint density at radius 2 is 2.17 bits per heavy atom. The van der Waals surface area contributed by atoms with E-state index in [0.29, 0.717) is 0 Å². The summed E-state index contributed by atoms with van der Waals surface area (Å²) in [5, 5.41) is 3.71. The lowest BCUT2D eigenvalue weighted by atomic mass is 10.1. The molecule has 72 valence electrons. The van der Waals surface area contributed by atoms with Gasteiger partial charge in [0.15, 0.2) is 0 Å². The quantitative estimate of drug-likeness (QED) is 0.686. The maximum atomic E-state index is 3.71. The molecule has 2 heteroatoms. The van der Waals surface area contributed by atoms with Crippen LogP contribution in [0.15, 0.2) is 0 Å². The van der Waals surface area contributed by atoms with Gasteiger partial charge in [0.05, 0.1) is 0 Å². The first-order valence-corrected chi connectivity index (χ1v) is 6.42. The molecule has 0 aromatic carbocycles. The van der Waals surface area contributed by atoms with Gasteiger partial charge in [-0.3, -0.25) is 0 Å². The monoisotopic (exact) mass is 187 g/mol. The van der Waals surface area contributed by atoms with Crippen LogP contribution in [0.5, 0.6) is 0 Å². The first kappa shape index (κ1) is 10.4. The molecule has 1 rings (SSSR count). The average Bonchev–Trinajstić information content (AvgIpc) is 2.85. The highest BCUT2D eigenvalue weighted by molar-refractivity contribution is 7.98. The molecular weight excluding hydrogens is 166 g/mol.